The number of nitrogens with one attached hydrogen (secondary N) is 1. The molecule has 1 atom stereocenters. The lowest BCUT2D eigenvalue weighted by atomic mass is 9.81. The molecule has 2 amide bonds. The van der Waals surface area contributed by atoms with Gasteiger partial charge < -0.3 is 10.2 Å². The van der Waals surface area contributed by atoms with Crippen molar-refractivity contribution in [3.05, 3.63) is 71.0 Å². The number of carbonyl (C=O) groups excluding carboxylic acids is 2. The first-order valence-electron chi connectivity index (χ1n) is 10.8. The van der Waals surface area contributed by atoms with Crippen LogP contribution in [0.15, 0.2) is 48.5 Å². The van der Waals surface area contributed by atoms with Crippen LogP contribution in [0.3, 0.4) is 0 Å². The van der Waals surface area contributed by atoms with E-state index < -0.39 is 5.54 Å². The summed E-state index contributed by atoms with van der Waals surface area (Å²) < 4.78 is 13.4. The molecule has 5 heteroatoms. The minimum Gasteiger partial charge on any atom is -0.351 e. The smallest absolute Gasteiger partial charge is 0.255 e. The number of hydrogen-bond acceptors (Lipinski definition) is 2. The molecule has 1 aliphatic heterocycles. The highest BCUT2D eigenvalue weighted by Gasteiger charge is 2.47. The summed E-state index contributed by atoms with van der Waals surface area (Å²) in [6.45, 7) is 4.37. The van der Waals surface area contributed by atoms with Crippen LogP contribution in [-0.2, 0) is 17.8 Å². The molecule has 2 aromatic rings. The molecule has 1 saturated carbocycles. The Labute approximate surface area is 177 Å². The Morgan fingerprint density at radius 3 is 2.47 bits per heavy atom. The monoisotopic (exact) mass is 408 g/mol. The van der Waals surface area contributed by atoms with Gasteiger partial charge in [0.05, 0.1) is 0 Å². The van der Waals surface area contributed by atoms with E-state index in [1.54, 1.807) is 17.0 Å². The van der Waals surface area contributed by atoms with Gasteiger partial charge in [-0.3, -0.25) is 9.59 Å². The zero-order valence-electron chi connectivity index (χ0n) is 17.7. The molecule has 0 aromatic heterocycles. The average Bonchev–Trinajstić information content (AvgIpc) is 2.74. The lowest BCUT2D eigenvalue weighted by Gasteiger charge is -2.45. The first-order valence-corrected chi connectivity index (χ1v) is 10.8. The van der Waals surface area contributed by atoms with Gasteiger partial charge in [0.15, 0.2) is 0 Å². The van der Waals surface area contributed by atoms with Gasteiger partial charge in [-0.25, -0.2) is 4.39 Å². The van der Waals surface area contributed by atoms with Crippen molar-refractivity contribution in [3.63, 3.8) is 0 Å². The van der Waals surface area contributed by atoms with Gasteiger partial charge in [-0.05, 0) is 67.9 Å². The van der Waals surface area contributed by atoms with E-state index in [0.717, 1.165) is 36.8 Å². The zero-order valence-corrected chi connectivity index (χ0v) is 17.7. The van der Waals surface area contributed by atoms with Crippen LogP contribution in [0.2, 0.25) is 0 Å². The number of fused-ring (bicyclic) bond motifs is 1. The maximum atomic E-state index is 13.5. The predicted octanol–water partition coefficient (Wildman–Crippen LogP) is 4.48. The molecule has 2 aliphatic rings. The fourth-order valence-corrected chi connectivity index (χ4v) is 4.69. The normalized spacial score (nSPS) is 26.2. The van der Waals surface area contributed by atoms with Crippen LogP contribution in [0.4, 0.5) is 4.39 Å². The third-order valence-corrected chi connectivity index (χ3v) is 6.72. The van der Waals surface area contributed by atoms with Crippen LogP contribution in [0.5, 0.6) is 0 Å². The second-order valence-corrected chi connectivity index (χ2v) is 9.06. The largest absolute Gasteiger partial charge is 0.351 e. The van der Waals surface area contributed by atoms with Crippen LogP contribution in [0.1, 0.15) is 61.0 Å². The van der Waals surface area contributed by atoms with Crippen LogP contribution >= 0.6 is 0 Å². The summed E-state index contributed by atoms with van der Waals surface area (Å²) in [5.74, 6) is 0.121. The van der Waals surface area contributed by atoms with Crippen LogP contribution < -0.4 is 5.32 Å². The molecular weight excluding hydrogens is 379 g/mol. The number of carbonyl (C=O) groups is 2. The number of nitrogens with zero attached hydrogens (tertiary/aromatic N) is 1. The average molecular weight is 409 g/mol. The molecule has 0 radical (unpaired) electrons. The van der Waals surface area contributed by atoms with Crippen molar-refractivity contribution in [2.75, 3.05) is 0 Å². The quantitative estimate of drug-likeness (QED) is 0.811. The van der Waals surface area contributed by atoms with Crippen molar-refractivity contribution in [2.45, 2.75) is 64.1 Å². The summed E-state index contributed by atoms with van der Waals surface area (Å²) in [6, 6.07) is 13.8. The van der Waals surface area contributed by atoms with E-state index in [1.165, 1.54) is 12.1 Å². The highest BCUT2D eigenvalue weighted by molar-refractivity contribution is 6.02. The van der Waals surface area contributed by atoms with Crippen molar-refractivity contribution in [2.24, 2.45) is 5.92 Å². The Hall–Kier alpha value is -2.69. The molecule has 0 saturated heterocycles. The van der Waals surface area contributed by atoms with Gasteiger partial charge in [0.25, 0.3) is 5.91 Å². The number of amides is 2. The minimum atomic E-state index is -0.997. The van der Waals surface area contributed by atoms with E-state index >= 15 is 0 Å². The van der Waals surface area contributed by atoms with Gasteiger partial charge in [0.2, 0.25) is 5.91 Å². The van der Waals surface area contributed by atoms with Crippen molar-refractivity contribution < 1.29 is 14.0 Å². The van der Waals surface area contributed by atoms with Gasteiger partial charge >= 0.3 is 0 Å². The van der Waals surface area contributed by atoms with Crippen molar-refractivity contribution in [1.29, 1.82) is 0 Å². The molecule has 4 nitrogen and oxygen atoms in total. The summed E-state index contributed by atoms with van der Waals surface area (Å²) in [5.41, 5.74) is 1.34. The fourth-order valence-electron chi connectivity index (χ4n) is 4.69. The van der Waals surface area contributed by atoms with Gasteiger partial charge in [0, 0.05) is 24.6 Å². The second kappa shape index (κ2) is 8.21. The van der Waals surface area contributed by atoms with E-state index in [-0.39, 0.29) is 30.2 Å². The molecule has 0 unspecified atom stereocenters. The molecule has 30 heavy (non-hydrogen) atoms. The second-order valence-electron chi connectivity index (χ2n) is 9.06. The van der Waals surface area contributed by atoms with Gasteiger partial charge in [0.1, 0.15) is 11.4 Å². The highest BCUT2D eigenvalue weighted by Crippen LogP contribution is 2.33. The summed E-state index contributed by atoms with van der Waals surface area (Å²) in [6.07, 6.45) is 4.65. The van der Waals surface area contributed by atoms with Crippen molar-refractivity contribution in [3.8, 4) is 0 Å². The van der Waals surface area contributed by atoms with Crippen molar-refractivity contribution in [1.82, 2.24) is 10.2 Å². The molecule has 158 valence electrons. The van der Waals surface area contributed by atoms with E-state index in [2.05, 4.69) is 12.2 Å². The Morgan fingerprint density at radius 2 is 1.77 bits per heavy atom. The molecule has 0 bridgehead atoms. The molecule has 4 rings (SSSR count). The van der Waals surface area contributed by atoms with Crippen LogP contribution in [0.25, 0.3) is 0 Å². The zero-order chi connectivity index (χ0) is 21.3. The minimum absolute atomic E-state index is 0.105. The molecule has 1 N–H and O–H groups in total. The first-order chi connectivity index (χ1) is 14.4. The van der Waals surface area contributed by atoms with Gasteiger partial charge in [-0.1, -0.05) is 37.3 Å². The Bertz CT molecular complexity index is 934. The number of benzene rings is 2. The maximum Gasteiger partial charge on any atom is 0.255 e. The molecule has 0 spiro atoms. The summed E-state index contributed by atoms with van der Waals surface area (Å²) in [4.78, 5) is 28.6. The topological polar surface area (TPSA) is 49.4 Å². The summed E-state index contributed by atoms with van der Waals surface area (Å²) in [5, 5.41) is 3.23. The molecule has 1 aliphatic carbocycles. The first kappa shape index (κ1) is 20.6. The van der Waals surface area contributed by atoms with Crippen LogP contribution in [0, 0.1) is 11.7 Å². The standard InChI is InChI=1S/C25H29FN2O2/c1-17-7-13-21(14-8-17)27-24(30)25(2)15-19-5-3-4-6-22(19)23(29)28(25)16-18-9-11-20(26)12-10-18/h3-6,9-12,17,21H,7-8,13-16H2,1-2H3,(H,27,30)/t17?,21?,25-/m0/s1. The van der Waals surface area contributed by atoms with E-state index in [1.807, 2.05) is 31.2 Å². The summed E-state index contributed by atoms with van der Waals surface area (Å²) >= 11 is 0. The van der Waals surface area contributed by atoms with E-state index in [9.17, 15) is 14.0 Å². The van der Waals surface area contributed by atoms with Gasteiger partial charge in [-0.2, -0.15) is 0 Å². The fraction of sp³-hybridized carbons (Fsp3) is 0.440. The third kappa shape index (κ3) is 3.98. The Morgan fingerprint density at radius 1 is 1.10 bits per heavy atom. The predicted molar refractivity (Wildman–Crippen MR) is 114 cm³/mol. The molecule has 1 heterocycles. The third-order valence-electron chi connectivity index (χ3n) is 6.72. The Kier molecular flexibility index (Phi) is 5.63. The lowest BCUT2D eigenvalue weighted by molar-refractivity contribution is -0.133. The van der Waals surface area contributed by atoms with Gasteiger partial charge in [-0.15, -0.1) is 0 Å². The molecule has 1 fully saturated rings. The van der Waals surface area contributed by atoms with E-state index in [4.69, 9.17) is 0 Å². The molecule has 2 aromatic carbocycles. The van der Waals surface area contributed by atoms with E-state index in [0.29, 0.717) is 17.9 Å². The lowest BCUT2D eigenvalue weighted by Crippen LogP contribution is -2.63. The number of halogens is 1. The highest BCUT2D eigenvalue weighted by atomic mass is 19.1. The van der Waals surface area contributed by atoms with Crippen molar-refractivity contribution >= 4 is 11.8 Å². The SMILES string of the molecule is CC1CCC(NC(=O)[C@]2(C)Cc3ccccc3C(=O)N2Cc2ccc(F)cc2)CC1. The Balaban J connectivity index is 1.63. The molecular formula is C25H29FN2O2. The van der Waals surface area contributed by atoms with Crippen LogP contribution in [-0.4, -0.2) is 28.3 Å². The number of rotatable bonds is 4. The maximum absolute atomic E-state index is 13.5. The summed E-state index contributed by atoms with van der Waals surface area (Å²) in [7, 11) is 0. The number of hydrogen-bond donors (Lipinski definition) is 1.